The van der Waals surface area contributed by atoms with Crippen LogP contribution in [0.15, 0.2) is 18.2 Å². The van der Waals surface area contributed by atoms with Gasteiger partial charge >= 0.3 is 0 Å². The number of hydrogen-bond acceptors (Lipinski definition) is 3. The van der Waals surface area contributed by atoms with Gasteiger partial charge in [-0.3, -0.25) is 0 Å². The monoisotopic (exact) mass is 332 g/mol. The van der Waals surface area contributed by atoms with Gasteiger partial charge in [0.1, 0.15) is 5.82 Å². The largest absolute Gasteiger partial charge is 0.326 e. The standard InChI is InChI=1S/C13H14Cl2N2O2S/c14-7-13-16-11-6-9(15)3-4-12(11)17(13)8-10-2-1-5-20(10,18)19/h3-4,6,10H,1-2,5,7-8H2. The minimum Gasteiger partial charge on any atom is -0.326 e. The summed E-state index contributed by atoms with van der Waals surface area (Å²) in [5.41, 5.74) is 1.63. The number of nitrogens with zero attached hydrogens (tertiary/aromatic N) is 2. The fourth-order valence-corrected chi connectivity index (χ4v) is 4.90. The number of rotatable bonds is 3. The summed E-state index contributed by atoms with van der Waals surface area (Å²) in [6, 6.07) is 5.41. The molecule has 4 nitrogen and oxygen atoms in total. The highest BCUT2D eigenvalue weighted by Crippen LogP contribution is 2.26. The predicted octanol–water partition coefficient (Wildman–Crippen LogP) is 3.01. The van der Waals surface area contributed by atoms with Gasteiger partial charge in [0.15, 0.2) is 9.84 Å². The number of halogens is 2. The molecular weight excluding hydrogens is 319 g/mol. The second-order valence-corrected chi connectivity index (χ2v) is 8.14. The Kier molecular flexibility index (Phi) is 3.69. The van der Waals surface area contributed by atoms with Gasteiger partial charge in [-0.1, -0.05) is 11.6 Å². The summed E-state index contributed by atoms with van der Waals surface area (Å²) < 4.78 is 25.9. The van der Waals surface area contributed by atoms with Crippen molar-refractivity contribution in [1.82, 2.24) is 9.55 Å². The van der Waals surface area contributed by atoms with Crippen molar-refractivity contribution in [3.05, 3.63) is 29.0 Å². The Labute approximate surface area is 127 Å². The Morgan fingerprint density at radius 1 is 1.40 bits per heavy atom. The topological polar surface area (TPSA) is 52.0 Å². The molecule has 3 rings (SSSR count). The third kappa shape index (κ3) is 2.43. The number of fused-ring (bicyclic) bond motifs is 1. The first-order chi connectivity index (χ1) is 9.51. The molecule has 7 heteroatoms. The molecule has 1 fully saturated rings. The van der Waals surface area contributed by atoms with E-state index in [1.807, 2.05) is 10.6 Å². The molecule has 0 radical (unpaired) electrons. The maximum atomic E-state index is 12.0. The van der Waals surface area contributed by atoms with E-state index in [4.69, 9.17) is 23.2 Å². The molecule has 2 aromatic rings. The summed E-state index contributed by atoms with van der Waals surface area (Å²) in [4.78, 5) is 4.43. The average Bonchev–Trinajstić information content (AvgIpc) is 2.90. The van der Waals surface area contributed by atoms with Crippen molar-refractivity contribution in [2.24, 2.45) is 0 Å². The first-order valence-electron chi connectivity index (χ1n) is 6.43. The maximum absolute atomic E-state index is 12.0. The highest BCUT2D eigenvalue weighted by Gasteiger charge is 2.32. The number of sulfone groups is 1. The van der Waals surface area contributed by atoms with Crippen molar-refractivity contribution >= 4 is 44.1 Å². The quantitative estimate of drug-likeness (QED) is 0.812. The molecule has 0 N–H and O–H groups in total. The molecule has 1 unspecified atom stereocenters. The molecule has 1 atom stereocenters. The Hall–Kier alpha value is -0.780. The zero-order chi connectivity index (χ0) is 14.3. The van der Waals surface area contributed by atoms with E-state index in [0.717, 1.165) is 17.5 Å². The van der Waals surface area contributed by atoms with Crippen LogP contribution in [0.5, 0.6) is 0 Å². The predicted molar refractivity (Wildman–Crippen MR) is 81.1 cm³/mol. The Morgan fingerprint density at radius 2 is 2.20 bits per heavy atom. The van der Waals surface area contributed by atoms with E-state index in [1.165, 1.54) is 0 Å². The van der Waals surface area contributed by atoms with Crippen molar-refractivity contribution in [3.63, 3.8) is 0 Å². The average molecular weight is 333 g/mol. The normalized spacial score (nSPS) is 21.6. The molecule has 0 saturated carbocycles. The molecule has 108 valence electrons. The van der Waals surface area contributed by atoms with Gasteiger partial charge in [0, 0.05) is 11.6 Å². The van der Waals surface area contributed by atoms with Crippen molar-refractivity contribution in [1.29, 1.82) is 0 Å². The van der Waals surface area contributed by atoms with Crippen LogP contribution in [-0.4, -0.2) is 29.0 Å². The van der Waals surface area contributed by atoms with Crippen molar-refractivity contribution < 1.29 is 8.42 Å². The lowest BCUT2D eigenvalue weighted by atomic mass is 10.2. The highest BCUT2D eigenvalue weighted by molar-refractivity contribution is 7.92. The molecule has 1 aliphatic heterocycles. The maximum Gasteiger partial charge on any atom is 0.154 e. The van der Waals surface area contributed by atoms with E-state index in [2.05, 4.69) is 4.98 Å². The first kappa shape index (κ1) is 14.2. The summed E-state index contributed by atoms with van der Waals surface area (Å²) in [5, 5.41) is 0.273. The highest BCUT2D eigenvalue weighted by atomic mass is 35.5. The molecule has 0 aliphatic carbocycles. The molecule has 0 spiro atoms. The van der Waals surface area contributed by atoms with E-state index in [9.17, 15) is 8.42 Å². The van der Waals surface area contributed by atoms with E-state index in [0.29, 0.717) is 23.8 Å². The summed E-state index contributed by atoms with van der Waals surface area (Å²) in [5.74, 6) is 1.22. The molecule has 0 bridgehead atoms. The number of alkyl halides is 1. The van der Waals surface area contributed by atoms with Crippen LogP contribution < -0.4 is 0 Å². The van der Waals surface area contributed by atoms with Crippen LogP contribution in [-0.2, 0) is 22.3 Å². The van der Waals surface area contributed by atoms with Crippen LogP contribution in [0.3, 0.4) is 0 Å². The SMILES string of the molecule is O=S1(=O)CCCC1Cn1c(CCl)nc2cc(Cl)ccc21. The zero-order valence-electron chi connectivity index (χ0n) is 10.7. The number of hydrogen-bond donors (Lipinski definition) is 0. The molecule has 1 aromatic heterocycles. The van der Waals surface area contributed by atoms with Gasteiger partial charge in [0.05, 0.1) is 27.9 Å². The molecule has 1 aromatic carbocycles. The zero-order valence-corrected chi connectivity index (χ0v) is 13.0. The lowest BCUT2D eigenvalue weighted by molar-refractivity contribution is 0.565. The molecular formula is C13H14Cl2N2O2S. The van der Waals surface area contributed by atoms with E-state index >= 15 is 0 Å². The third-order valence-corrected chi connectivity index (χ3v) is 6.49. The van der Waals surface area contributed by atoms with Gasteiger partial charge in [-0.2, -0.15) is 0 Å². The van der Waals surface area contributed by atoms with Crippen LogP contribution in [0.2, 0.25) is 5.02 Å². The summed E-state index contributed by atoms with van der Waals surface area (Å²) in [6.45, 7) is 0.419. The van der Waals surface area contributed by atoms with Crippen molar-refractivity contribution in [2.75, 3.05) is 5.75 Å². The van der Waals surface area contributed by atoms with Crippen LogP contribution in [0.25, 0.3) is 11.0 Å². The second kappa shape index (κ2) is 5.20. The molecule has 1 saturated heterocycles. The van der Waals surface area contributed by atoms with Crippen LogP contribution in [0.4, 0.5) is 0 Å². The number of aromatic nitrogens is 2. The van der Waals surface area contributed by atoms with Gasteiger partial charge in [0.2, 0.25) is 0 Å². The molecule has 20 heavy (non-hydrogen) atoms. The van der Waals surface area contributed by atoms with Gasteiger partial charge in [-0.25, -0.2) is 13.4 Å². The lowest BCUT2D eigenvalue weighted by Gasteiger charge is -2.13. The van der Waals surface area contributed by atoms with Crippen LogP contribution >= 0.6 is 23.2 Å². The summed E-state index contributed by atoms with van der Waals surface area (Å²) in [6.07, 6.45) is 1.44. The third-order valence-electron chi connectivity index (χ3n) is 3.76. The van der Waals surface area contributed by atoms with Gasteiger partial charge in [-0.15, -0.1) is 11.6 Å². The Balaban J connectivity index is 2.06. The summed E-state index contributed by atoms with van der Waals surface area (Å²) in [7, 11) is -2.98. The van der Waals surface area contributed by atoms with E-state index in [1.54, 1.807) is 12.1 Å². The number of benzene rings is 1. The molecule has 0 amide bonds. The lowest BCUT2D eigenvalue weighted by Crippen LogP contribution is -2.23. The first-order valence-corrected chi connectivity index (χ1v) is 9.06. The Bertz CT molecular complexity index is 755. The fourth-order valence-electron chi connectivity index (χ4n) is 2.73. The molecule has 1 aliphatic rings. The fraction of sp³-hybridized carbons (Fsp3) is 0.462. The van der Waals surface area contributed by atoms with Gasteiger partial charge in [-0.05, 0) is 31.0 Å². The van der Waals surface area contributed by atoms with Crippen molar-refractivity contribution in [2.45, 2.75) is 30.5 Å². The van der Waals surface area contributed by atoms with Gasteiger partial charge < -0.3 is 4.57 Å². The number of imidazole rings is 1. The van der Waals surface area contributed by atoms with E-state index in [-0.39, 0.29) is 16.9 Å². The molecule has 2 heterocycles. The second-order valence-electron chi connectivity index (χ2n) is 5.04. The minimum absolute atomic E-state index is 0.249. The smallest absolute Gasteiger partial charge is 0.154 e. The minimum atomic E-state index is -2.98. The Morgan fingerprint density at radius 3 is 2.85 bits per heavy atom. The van der Waals surface area contributed by atoms with Crippen molar-refractivity contribution in [3.8, 4) is 0 Å². The van der Waals surface area contributed by atoms with Crippen LogP contribution in [0, 0.1) is 0 Å². The van der Waals surface area contributed by atoms with Crippen LogP contribution in [0.1, 0.15) is 18.7 Å². The van der Waals surface area contributed by atoms with E-state index < -0.39 is 9.84 Å². The van der Waals surface area contributed by atoms with Gasteiger partial charge in [0.25, 0.3) is 0 Å². The summed E-state index contributed by atoms with van der Waals surface area (Å²) >= 11 is 11.9.